The summed E-state index contributed by atoms with van der Waals surface area (Å²) in [5.74, 6) is 1.07. The quantitative estimate of drug-likeness (QED) is 0.643. The maximum atomic E-state index is 9.27. The van der Waals surface area contributed by atoms with Crippen molar-refractivity contribution in [2.45, 2.75) is 33.2 Å². The lowest BCUT2D eigenvalue weighted by atomic mass is 10.1. The summed E-state index contributed by atoms with van der Waals surface area (Å²) in [5, 5.41) is 21.4. The maximum Gasteiger partial charge on any atom is 0.231 e. The number of hydrogen-bond donors (Lipinski definition) is 3. The topological polar surface area (TPSA) is 107 Å². The summed E-state index contributed by atoms with van der Waals surface area (Å²) in [7, 11) is 0. The van der Waals surface area contributed by atoms with Gasteiger partial charge in [-0.25, -0.2) is 0 Å². The molecule has 0 amide bonds. The highest BCUT2D eigenvalue weighted by Crippen LogP contribution is 2.30. The van der Waals surface area contributed by atoms with Crippen LogP contribution in [-0.4, -0.2) is 31.3 Å². The highest BCUT2D eigenvalue weighted by Gasteiger charge is 2.22. The second-order valence-corrected chi connectivity index (χ2v) is 6.56. The minimum absolute atomic E-state index is 0.416. The summed E-state index contributed by atoms with van der Waals surface area (Å²) < 4.78 is 1.62. The minimum Gasteiger partial charge on any atom is -0.370 e. The summed E-state index contributed by atoms with van der Waals surface area (Å²) in [6.45, 7) is 8.16. The number of fused-ring (bicyclic) bond motifs is 1. The number of nitriles is 1. The number of H-pyrrole nitrogens is 1. The van der Waals surface area contributed by atoms with Crippen molar-refractivity contribution in [2.75, 3.05) is 17.2 Å². The third-order valence-electron chi connectivity index (χ3n) is 3.82. The second kappa shape index (κ2) is 6.26. The van der Waals surface area contributed by atoms with Crippen molar-refractivity contribution < 1.29 is 0 Å². The van der Waals surface area contributed by atoms with Crippen LogP contribution in [0.3, 0.4) is 0 Å². The third-order valence-corrected chi connectivity index (χ3v) is 4.12. The van der Waals surface area contributed by atoms with E-state index in [1.54, 1.807) is 30.9 Å². The first-order valence-electron chi connectivity index (χ1n) is 7.89. The minimum atomic E-state index is -0.739. The van der Waals surface area contributed by atoms with E-state index in [-0.39, 0.29) is 0 Å². The molecule has 0 radical (unpaired) electrons. The van der Waals surface area contributed by atoms with Crippen LogP contribution in [0.25, 0.3) is 11.0 Å². The smallest absolute Gasteiger partial charge is 0.231 e. The Labute approximate surface area is 150 Å². The van der Waals surface area contributed by atoms with Gasteiger partial charge in [-0.3, -0.25) is 4.68 Å². The Morgan fingerprint density at radius 3 is 2.84 bits per heavy atom. The Morgan fingerprint density at radius 1 is 1.40 bits per heavy atom. The molecule has 9 heteroatoms. The van der Waals surface area contributed by atoms with Gasteiger partial charge >= 0.3 is 0 Å². The Hall–Kier alpha value is -2.79. The fourth-order valence-corrected chi connectivity index (χ4v) is 2.62. The number of aromatic amines is 1. The van der Waals surface area contributed by atoms with Gasteiger partial charge in [-0.2, -0.15) is 20.3 Å². The number of rotatable bonds is 5. The molecule has 0 saturated carbocycles. The predicted octanol–water partition coefficient (Wildman–Crippen LogP) is 3.55. The molecule has 0 aliphatic carbocycles. The van der Waals surface area contributed by atoms with Crippen LogP contribution in [0.1, 0.15) is 26.5 Å². The van der Waals surface area contributed by atoms with Gasteiger partial charge in [0, 0.05) is 12.7 Å². The first-order valence-corrected chi connectivity index (χ1v) is 8.27. The van der Waals surface area contributed by atoms with Crippen molar-refractivity contribution in [3.8, 4) is 6.07 Å². The lowest BCUT2D eigenvalue weighted by Gasteiger charge is -2.15. The van der Waals surface area contributed by atoms with E-state index in [1.165, 1.54) is 0 Å². The summed E-state index contributed by atoms with van der Waals surface area (Å²) in [6.07, 6.45) is 3.46. The second-order valence-electron chi connectivity index (χ2n) is 6.15. The van der Waals surface area contributed by atoms with E-state index in [2.05, 4.69) is 36.8 Å². The van der Waals surface area contributed by atoms with Crippen molar-refractivity contribution >= 4 is 40.1 Å². The van der Waals surface area contributed by atoms with Gasteiger partial charge in [0.2, 0.25) is 5.95 Å². The van der Waals surface area contributed by atoms with Crippen molar-refractivity contribution in [1.29, 1.82) is 5.26 Å². The zero-order valence-electron chi connectivity index (χ0n) is 14.5. The summed E-state index contributed by atoms with van der Waals surface area (Å²) in [6, 6.07) is 2.23. The number of anilines is 3. The van der Waals surface area contributed by atoms with Crippen LogP contribution in [0.4, 0.5) is 17.5 Å². The standard InChI is InChI=1S/C16H19ClN8/c1-5-19-13-12-10(17)6-20-14(12)23-15(22-13)21-11-7-25(24-9(11)2)16(3,4)8-18/h6-7H,5H2,1-4H3,(H3,19,20,21,22,23). The number of aryl methyl sites for hydroxylation is 1. The van der Waals surface area contributed by atoms with Crippen molar-refractivity contribution in [1.82, 2.24) is 24.7 Å². The first-order chi connectivity index (χ1) is 11.9. The SMILES string of the molecule is CCNc1nc(Nc2cn(C(C)(C)C#N)nc2C)nc2[nH]cc(Cl)c12. The molecule has 0 bridgehead atoms. The van der Waals surface area contributed by atoms with Crippen LogP contribution in [0, 0.1) is 18.3 Å². The fourth-order valence-electron chi connectivity index (χ4n) is 2.39. The molecule has 0 spiro atoms. The normalized spacial score (nSPS) is 11.5. The van der Waals surface area contributed by atoms with Crippen LogP contribution in [0.15, 0.2) is 12.4 Å². The Balaban J connectivity index is 2.00. The molecule has 0 saturated heterocycles. The number of halogens is 1. The Bertz CT molecular complexity index is 963. The number of hydrogen-bond acceptors (Lipinski definition) is 6. The van der Waals surface area contributed by atoms with Gasteiger partial charge in [0.25, 0.3) is 0 Å². The van der Waals surface area contributed by atoms with Crippen molar-refractivity contribution in [3.05, 3.63) is 23.1 Å². The molecule has 25 heavy (non-hydrogen) atoms. The number of nitrogens with zero attached hydrogens (tertiary/aromatic N) is 5. The molecule has 0 unspecified atom stereocenters. The molecule has 3 aromatic rings. The van der Waals surface area contributed by atoms with Crippen LogP contribution in [-0.2, 0) is 5.54 Å². The fraction of sp³-hybridized carbons (Fsp3) is 0.375. The zero-order chi connectivity index (χ0) is 18.2. The number of aromatic nitrogens is 5. The predicted molar refractivity (Wildman–Crippen MR) is 98.2 cm³/mol. The molecule has 3 aromatic heterocycles. The van der Waals surface area contributed by atoms with E-state index < -0.39 is 5.54 Å². The van der Waals surface area contributed by atoms with Crippen molar-refractivity contribution in [3.63, 3.8) is 0 Å². The molecule has 0 aromatic carbocycles. The molecule has 0 aliphatic rings. The average molecular weight is 359 g/mol. The van der Waals surface area contributed by atoms with E-state index in [4.69, 9.17) is 11.6 Å². The largest absolute Gasteiger partial charge is 0.370 e. The molecule has 3 rings (SSSR count). The third kappa shape index (κ3) is 3.10. The van der Waals surface area contributed by atoms with Crippen LogP contribution < -0.4 is 10.6 Å². The molecule has 8 nitrogen and oxygen atoms in total. The Kier molecular flexibility index (Phi) is 4.27. The van der Waals surface area contributed by atoms with Gasteiger partial charge in [0.05, 0.1) is 34.1 Å². The molecule has 0 atom stereocenters. The van der Waals surface area contributed by atoms with E-state index >= 15 is 0 Å². The highest BCUT2D eigenvalue weighted by molar-refractivity contribution is 6.36. The van der Waals surface area contributed by atoms with Crippen LogP contribution in [0.2, 0.25) is 5.02 Å². The van der Waals surface area contributed by atoms with Gasteiger partial charge in [0.1, 0.15) is 17.0 Å². The van der Waals surface area contributed by atoms with Crippen LogP contribution in [0.5, 0.6) is 0 Å². The zero-order valence-corrected chi connectivity index (χ0v) is 15.2. The molecule has 3 heterocycles. The van der Waals surface area contributed by atoms with Gasteiger partial charge in [-0.1, -0.05) is 11.6 Å². The maximum absolute atomic E-state index is 9.27. The van der Waals surface area contributed by atoms with E-state index in [9.17, 15) is 5.26 Å². The van der Waals surface area contributed by atoms with Gasteiger partial charge in [-0.05, 0) is 27.7 Å². The lowest BCUT2D eigenvalue weighted by molar-refractivity contribution is 0.416. The summed E-state index contributed by atoms with van der Waals surface area (Å²) >= 11 is 6.21. The molecule has 0 aliphatic heterocycles. The van der Waals surface area contributed by atoms with Gasteiger partial charge in [-0.15, -0.1) is 0 Å². The molecular weight excluding hydrogens is 340 g/mol. The molecule has 0 fully saturated rings. The van der Waals surface area contributed by atoms with Crippen molar-refractivity contribution in [2.24, 2.45) is 0 Å². The molecular formula is C16H19ClN8. The van der Waals surface area contributed by atoms with Gasteiger partial charge < -0.3 is 15.6 Å². The Morgan fingerprint density at radius 2 is 2.16 bits per heavy atom. The average Bonchev–Trinajstić information content (AvgIpc) is 3.12. The van der Waals surface area contributed by atoms with E-state index in [0.717, 1.165) is 16.8 Å². The van der Waals surface area contributed by atoms with E-state index in [1.807, 2.05) is 13.8 Å². The van der Waals surface area contributed by atoms with E-state index in [0.29, 0.717) is 29.0 Å². The molecule has 3 N–H and O–H groups in total. The lowest BCUT2D eigenvalue weighted by Crippen LogP contribution is -2.24. The highest BCUT2D eigenvalue weighted by atomic mass is 35.5. The molecule has 130 valence electrons. The van der Waals surface area contributed by atoms with Gasteiger partial charge in [0.15, 0.2) is 0 Å². The van der Waals surface area contributed by atoms with Crippen LogP contribution >= 0.6 is 11.6 Å². The summed E-state index contributed by atoms with van der Waals surface area (Å²) in [5.41, 5.74) is 1.39. The number of nitrogens with one attached hydrogen (secondary N) is 3. The first kappa shape index (κ1) is 17.0. The summed E-state index contributed by atoms with van der Waals surface area (Å²) in [4.78, 5) is 12.0. The monoisotopic (exact) mass is 358 g/mol.